The molecule has 0 bridgehead atoms. The van der Waals surface area contributed by atoms with Gasteiger partial charge in [-0.2, -0.15) is 21.7 Å². The summed E-state index contributed by atoms with van der Waals surface area (Å²) in [4.78, 5) is 18.0. The number of rotatable bonds is 6. The molecule has 8 N–H and O–H groups in total. The van der Waals surface area contributed by atoms with Crippen LogP contribution in [0.2, 0.25) is 0 Å². The number of carbonyl (C=O) groups excluding carboxylic acids is 1. The lowest BCUT2D eigenvalue weighted by Crippen LogP contribution is -2.34. The van der Waals surface area contributed by atoms with Gasteiger partial charge in [-0.3, -0.25) is 10.7 Å². The number of urea groups is 1. The van der Waals surface area contributed by atoms with E-state index < -0.39 is 6.03 Å². The molecule has 0 fully saturated rings. The molecule has 1 aromatic rings. The minimum atomic E-state index is -0.741. The predicted octanol–water partition coefficient (Wildman–Crippen LogP) is -0.757. The summed E-state index contributed by atoms with van der Waals surface area (Å²) in [5.41, 5.74) is 15.2. The standard InChI is InChI=1S/C8H14N8O2S/c9-4(13-7(12)17)1-2-19-3-5-14-8(18-16-5)15-6(10)11/h1-3H2,(H4,9,12,13,17)(H4,10,11,14,15,16). The molecular weight excluding hydrogens is 272 g/mol. The summed E-state index contributed by atoms with van der Waals surface area (Å²) < 4.78 is 4.77. The number of hydrogen-bond donors (Lipinski definition) is 5. The van der Waals surface area contributed by atoms with Gasteiger partial charge in [-0.25, -0.2) is 4.79 Å². The van der Waals surface area contributed by atoms with Crippen molar-refractivity contribution >= 4 is 35.6 Å². The van der Waals surface area contributed by atoms with Crippen LogP contribution in [0.4, 0.5) is 10.8 Å². The number of amides is 2. The van der Waals surface area contributed by atoms with Crippen molar-refractivity contribution in [3.63, 3.8) is 0 Å². The van der Waals surface area contributed by atoms with Crippen LogP contribution in [0.25, 0.3) is 0 Å². The third-order valence-corrected chi connectivity index (χ3v) is 2.64. The predicted molar refractivity (Wildman–Crippen MR) is 71.0 cm³/mol. The van der Waals surface area contributed by atoms with E-state index in [2.05, 4.69) is 20.4 Å². The Labute approximate surface area is 112 Å². The molecule has 11 heteroatoms. The highest BCUT2D eigenvalue weighted by Gasteiger charge is 2.06. The highest BCUT2D eigenvalue weighted by Crippen LogP contribution is 2.13. The molecule has 1 heterocycles. The van der Waals surface area contributed by atoms with Crippen LogP contribution >= 0.6 is 11.8 Å². The highest BCUT2D eigenvalue weighted by atomic mass is 32.2. The second-order valence-electron chi connectivity index (χ2n) is 3.30. The molecule has 1 rings (SSSR count). The van der Waals surface area contributed by atoms with Gasteiger partial charge in [0.2, 0.25) is 0 Å². The lowest BCUT2D eigenvalue weighted by molar-refractivity contribution is 0.253. The second kappa shape index (κ2) is 7.20. The van der Waals surface area contributed by atoms with Crippen molar-refractivity contribution in [3.05, 3.63) is 5.82 Å². The van der Waals surface area contributed by atoms with Crippen LogP contribution in [0.1, 0.15) is 12.2 Å². The molecule has 0 saturated heterocycles. The summed E-state index contributed by atoms with van der Waals surface area (Å²) in [7, 11) is 0. The molecule has 19 heavy (non-hydrogen) atoms. The van der Waals surface area contributed by atoms with E-state index in [0.717, 1.165) is 0 Å². The molecule has 0 unspecified atom stereocenters. The van der Waals surface area contributed by atoms with Crippen LogP contribution in [0.5, 0.6) is 0 Å². The summed E-state index contributed by atoms with van der Waals surface area (Å²) in [5, 5.41) is 13.2. The van der Waals surface area contributed by atoms with E-state index in [1.807, 2.05) is 0 Å². The first-order valence-corrected chi connectivity index (χ1v) is 6.26. The third-order valence-electron chi connectivity index (χ3n) is 1.68. The number of guanidine groups is 1. The van der Waals surface area contributed by atoms with Crippen LogP contribution in [0.15, 0.2) is 9.52 Å². The number of nitrogens with two attached hydrogens (primary N) is 3. The highest BCUT2D eigenvalue weighted by molar-refractivity contribution is 7.98. The third kappa shape index (κ3) is 6.26. The summed E-state index contributed by atoms with van der Waals surface area (Å²) in [5.74, 6) is 1.43. The summed E-state index contributed by atoms with van der Waals surface area (Å²) >= 11 is 1.47. The van der Waals surface area contributed by atoms with Gasteiger partial charge in [-0.15, -0.1) is 0 Å². The molecule has 0 saturated carbocycles. The Bertz CT molecular complexity index is 481. The van der Waals surface area contributed by atoms with E-state index in [4.69, 9.17) is 27.1 Å². The van der Waals surface area contributed by atoms with E-state index >= 15 is 0 Å². The van der Waals surface area contributed by atoms with Crippen LogP contribution in [0, 0.1) is 5.41 Å². The fourth-order valence-electron chi connectivity index (χ4n) is 1.01. The second-order valence-corrected chi connectivity index (χ2v) is 4.41. The molecule has 2 amide bonds. The average molecular weight is 286 g/mol. The first-order chi connectivity index (χ1) is 8.97. The molecule has 0 atom stereocenters. The molecule has 0 aliphatic rings. The van der Waals surface area contributed by atoms with Crippen LogP contribution < -0.4 is 22.5 Å². The molecule has 0 radical (unpaired) electrons. The number of nitrogens with zero attached hydrogens (tertiary/aromatic N) is 3. The van der Waals surface area contributed by atoms with E-state index in [1.54, 1.807) is 0 Å². The van der Waals surface area contributed by atoms with Crippen molar-refractivity contribution in [1.29, 1.82) is 5.41 Å². The number of primary amides is 1. The number of amidine groups is 1. The molecule has 0 spiro atoms. The van der Waals surface area contributed by atoms with Crippen LogP contribution in [0.3, 0.4) is 0 Å². The van der Waals surface area contributed by atoms with Crippen molar-refractivity contribution in [2.24, 2.45) is 22.2 Å². The van der Waals surface area contributed by atoms with Crippen molar-refractivity contribution in [3.8, 4) is 0 Å². The Morgan fingerprint density at radius 1 is 1.47 bits per heavy atom. The Hall–Kier alpha value is -2.30. The Morgan fingerprint density at radius 2 is 2.21 bits per heavy atom. The number of hydrogen-bond acceptors (Lipinski definition) is 7. The molecule has 0 aromatic carbocycles. The van der Waals surface area contributed by atoms with Crippen molar-refractivity contribution in [2.45, 2.75) is 12.2 Å². The zero-order chi connectivity index (χ0) is 14.3. The number of carbonyl (C=O) groups is 1. The van der Waals surface area contributed by atoms with Gasteiger partial charge < -0.3 is 21.7 Å². The Morgan fingerprint density at radius 3 is 2.84 bits per heavy atom. The summed E-state index contributed by atoms with van der Waals surface area (Å²) in [6.45, 7) is 0. The smallest absolute Gasteiger partial charge is 0.350 e. The maximum absolute atomic E-state index is 10.5. The molecule has 10 nitrogen and oxygen atoms in total. The lowest BCUT2D eigenvalue weighted by atomic mass is 10.4. The topological polar surface area (TPSA) is 182 Å². The summed E-state index contributed by atoms with van der Waals surface area (Å²) in [6.07, 6.45) is 0.381. The van der Waals surface area contributed by atoms with Crippen molar-refractivity contribution in [1.82, 2.24) is 15.5 Å². The molecule has 0 aliphatic carbocycles. The Kier molecular flexibility index (Phi) is 5.60. The van der Waals surface area contributed by atoms with E-state index in [-0.39, 0.29) is 17.8 Å². The van der Waals surface area contributed by atoms with Gasteiger partial charge in [-0.05, 0) is 0 Å². The number of aliphatic imine (C=N–C) groups is 1. The minimum absolute atomic E-state index is 0.00117. The van der Waals surface area contributed by atoms with Gasteiger partial charge >= 0.3 is 12.0 Å². The molecule has 0 aliphatic heterocycles. The Balaban J connectivity index is 2.26. The van der Waals surface area contributed by atoms with Gasteiger partial charge in [0.1, 0.15) is 5.84 Å². The van der Waals surface area contributed by atoms with E-state index in [0.29, 0.717) is 23.8 Å². The summed E-state index contributed by atoms with van der Waals surface area (Å²) in [6, 6.07) is -0.742. The van der Waals surface area contributed by atoms with Crippen molar-refractivity contribution < 1.29 is 9.32 Å². The monoisotopic (exact) mass is 286 g/mol. The molecule has 104 valence electrons. The van der Waals surface area contributed by atoms with Crippen LogP contribution in [-0.2, 0) is 5.75 Å². The fraction of sp³-hybridized carbons (Fsp3) is 0.375. The van der Waals surface area contributed by atoms with Gasteiger partial charge in [0.05, 0.1) is 5.75 Å². The maximum atomic E-state index is 10.5. The lowest BCUT2D eigenvalue weighted by Gasteiger charge is -2.02. The van der Waals surface area contributed by atoms with Gasteiger partial charge in [-0.1, -0.05) is 5.16 Å². The molecular formula is C8H14N8O2S. The maximum Gasteiger partial charge on any atom is 0.350 e. The number of nitrogens with one attached hydrogen (secondary N) is 2. The van der Waals surface area contributed by atoms with Crippen LogP contribution in [-0.4, -0.2) is 33.7 Å². The number of aromatic nitrogens is 2. The van der Waals surface area contributed by atoms with E-state index in [9.17, 15) is 4.79 Å². The van der Waals surface area contributed by atoms with Gasteiger partial charge in [0.15, 0.2) is 11.8 Å². The quantitative estimate of drug-likeness (QED) is 0.258. The largest absolute Gasteiger partial charge is 0.370 e. The average Bonchev–Trinajstić information content (AvgIpc) is 2.70. The number of thioether (sulfide) groups is 1. The first kappa shape index (κ1) is 14.8. The first-order valence-electron chi connectivity index (χ1n) is 5.11. The van der Waals surface area contributed by atoms with Gasteiger partial charge in [0.25, 0.3) is 0 Å². The van der Waals surface area contributed by atoms with Gasteiger partial charge in [0, 0.05) is 12.2 Å². The van der Waals surface area contributed by atoms with Crippen molar-refractivity contribution in [2.75, 3.05) is 5.75 Å². The minimum Gasteiger partial charge on any atom is -0.370 e. The normalized spacial score (nSPS) is 9.89. The fourth-order valence-corrected chi connectivity index (χ4v) is 1.80. The SMILES string of the molecule is N=C(CCSCc1noc(N=C(N)N)n1)NC(N)=O. The zero-order valence-electron chi connectivity index (χ0n) is 9.92. The van der Waals surface area contributed by atoms with E-state index in [1.165, 1.54) is 11.8 Å². The zero-order valence-corrected chi connectivity index (χ0v) is 10.7. The molecule has 1 aromatic heterocycles.